The summed E-state index contributed by atoms with van der Waals surface area (Å²) in [6.45, 7) is 2.11. The predicted octanol–water partition coefficient (Wildman–Crippen LogP) is 4.46. The molecule has 1 fully saturated rings. The molecule has 0 amide bonds. The first kappa shape index (κ1) is 14.2. The molecule has 0 radical (unpaired) electrons. The van der Waals surface area contributed by atoms with E-state index in [0.29, 0.717) is 11.5 Å². The van der Waals surface area contributed by atoms with Crippen molar-refractivity contribution in [2.75, 3.05) is 5.75 Å². The Morgan fingerprint density at radius 1 is 1.32 bits per heavy atom. The molecular formula is C16H20O2S. The largest absolute Gasteiger partial charge is 0.478 e. The molecule has 0 aromatic heterocycles. The molecule has 1 saturated carbocycles. The number of allylic oxidation sites excluding steroid dienone is 1. The number of carbonyl (C=O) groups is 1. The second kappa shape index (κ2) is 6.80. The van der Waals surface area contributed by atoms with Crippen molar-refractivity contribution in [1.82, 2.24) is 0 Å². The molecule has 3 heteroatoms. The number of rotatable bonds is 5. The minimum absolute atomic E-state index is 0.441. The first-order valence-corrected chi connectivity index (χ1v) is 7.87. The highest BCUT2D eigenvalue weighted by molar-refractivity contribution is 7.99. The molecular weight excluding hydrogens is 256 g/mol. The smallest absolute Gasteiger partial charge is 0.335 e. The van der Waals surface area contributed by atoms with Crippen LogP contribution in [-0.4, -0.2) is 16.8 Å². The van der Waals surface area contributed by atoms with E-state index in [2.05, 4.69) is 6.92 Å². The van der Waals surface area contributed by atoms with Gasteiger partial charge in [-0.15, -0.1) is 11.8 Å². The monoisotopic (exact) mass is 276 g/mol. The molecule has 2 rings (SSSR count). The summed E-state index contributed by atoms with van der Waals surface area (Å²) in [6.07, 6.45) is 6.65. The average molecular weight is 276 g/mol. The van der Waals surface area contributed by atoms with Gasteiger partial charge in [0.2, 0.25) is 0 Å². The summed E-state index contributed by atoms with van der Waals surface area (Å²) in [5, 5.41) is 9.39. The average Bonchev–Trinajstić information content (AvgIpc) is 2.90. The van der Waals surface area contributed by atoms with Crippen LogP contribution in [-0.2, 0) is 4.79 Å². The van der Waals surface area contributed by atoms with Gasteiger partial charge in [-0.1, -0.05) is 38.0 Å². The van der Waals surface area contributed by atoms with Crippen LogP contribution in [0.5, 0.6) is 0 Å². The minimum Gasteiger partial charge on any atom is -0.478 e. The van der Waals surface area contributed by atoms with Gasteiger partial charge in [-0.25, -0.2) is 4.79 Å². The van der Waals surface area contributed by atoms with Crippen LogP contribution in [0.1, 0.15) is 38.2 Å². The van der Waals surface area contributed by atoms with Gasteiger partial charge >= 0.3 is 5.97 Å². The van der Waals surface area contributed by atoms with E-state index in [4.69, 9.17) is 0 Å². The Bertz CT molecular complexity index is 456. The highest BCUT2D eigenvalue weighted by Crippen LogP contribution is 2.30. The van der Waals surface area contributed by atoms with Crippen LogP contribution in [0.2, 0.25) is 0 Å². The molecule has 19 heavy (non-hydrogen) atoms. The van der Waals surface area contributed by atoms with E-state index < -0.39 is 5.97 Å². The Morgan fingerprint density at radius 3 is 2.47 bits per heavy atom. The van der Waals surface area contributed by atoms with Crippen LogP contribution < -0.4 is 0 Å². The molecule has 1 aliphatic rings. The van der Waals surface area contributed by atoms with Crippen LogP contribution in [0.4, 0.5) is 0 Å². The fraction of sp³-hybridized carbons (Fsp3) is 0.438. The zero-order chi connectivity index (χ0) is 13.7. The lowest BCUT2D eigenvalue weighted by molar-refractivity contribution is -0.130. The van der Waals surface area contributed by atoms with Gasteiger partial charge in [0.05, 0.1) is 5.57 Å². The standard InChI is InChI=1S/C16H20O2S/c1-2-19-14-9-7-13(8-10-14)15(16(17)18)11-12-5-3-4-6-12/h7-12H,2-6H2,1H3,(H,17,18)/b15-11+. The molecule has 0 spiro atoms. The van der Waals surface area contributed by atoms with Crippen molar-refractivity contribution < 1.29 is 9.90 Å². The van der Waals surface area contributed by atoms with E-state index >= 15 is 0 Å². The Balaban J connectivity index is 2.20. The van der Waals surface area contributed by atoms with Gasteiger partial charge in [-0.05, 0) is 42.2 Å². The molecule has 1 aromatic carbocycles. The van der Waals surface area contributed by atoms with Crippen LogP contribution in [0, 0.1) is 5.92 Å². The van der Waals surface area contributed by atoms with Gasteiger partial charge in [-0.2, -0.15) is 0 Å². The third-order valence-electron chi connectivity index (χ3n) is 3.51. The van der Waals surface area contributed by atoms with E-state index in [1.54, 1.807) is 11.8 Å². The highest BCUT2D eigenvalue weighted by atomic mass is 32.2. The number of aliphatic carboxylic acids is 1. The third-order valence-corrected chi connectivity index (χ3v) is 4.40. The van der Waals surface area contributed by atoms with Crippen LogP contribution in [0.15, 0.2) is 35.2 Å². The molecule has 2 nitrogen and oxygen atoms in total. The molecule has 0 heterocycles. The lowest BCUT2D eigenvalue weighted by Crippen LogP contribution is -2.02. The van der Waals surface area contributed by atoms with Gasteiger partial charge < -0.3 is 5.11 Å². The van der Waals surface area contributed by atoms with Crippen molar-refractivity contribution in [2.45, 2.75) is 37.5 Å². The quantitative estimate of drug-likeness (QED) is 0.637. The van der Waals surface area contributed by atoms with Crippen LogP contribution in [0.25, 0.3) is 5.57 Å². The molecule has 0 unspecified atom stereocenters. The maximum atomic E-state index is 11.4. The maximum Gasteiger partial charge on any atom is 0.335 e. The summed E-state index contributed by atoms with van der Waals surface area (Å²) in [5.74, 6) is 0.654. The zero-order valence-corrected chi connectivity index (χ0v) is 12.1. The molecule has 0 aliphatic heterocycles. The highest BCUT2D eigenvalue weighted by Gasteiger charge is 2.17. The minimum atomic E-state index is -0.817. The second-order valence-corrected chi connectivity index (χ2v) is 6.22. The third kappa shape index (κ3) is 3.87. The van der Waals surface area contributed by atoms with Crippen molar-refractivity contribution in [3.63, 3.8) is 0 Å². The summed E-state index contributed by atoms with van der Waals surface area (Å²) in [4.78, 5) is 12.6. The van der Waals surface area contributed by atoms with E-state index in [0.717, 1.165) is 24.2 Å². The number of carboxylic acid groups (broad SMARTS) is 1. The van der Waals surface area contributed by atoms with Gasteiger partial charge in [0.1, 0.15) is 0 Å². The second-order valence-electron chi connectivity index (χ2n) is 4.89. The fourth-order valence-corrected chi connectivity index (χ4v) is 3.21. The van der Waals surface area contributed by atoms with E-state index in [9.17, 15) is 9.90 Å². The van der Waals surface area contributed by atoms with Crippen molar-refractivity contribution in [1.29, 1.82) is 0 Å². The van der Waals surface area contributed by atoms with Crippen LogP contribution in [0.3, 0.4) is 0 Å². The Kier molecular flexibility index (Phi) is 5.08. The lowest BCUT2D eigenvalue weighted by atomic mass is 9.99. The molecule has 0 saturated heterocycles. The Hall–Kier alpha value is -1.22. The summed E-state index contributed by atoms with van der Waals surface area (Å²) in [7, 11) is 0. The normalized spacial score (nSPS) is 16.8. The molecule has 1 N–H and O–H groups in total. The topological polar surface area (TPSA) is 37.3 Å². The molecule has 1 aromatic rings. The van der Waals surface area contributed by atoms with Gasteiger partial charge in [0.25, 0.3) is 0 Å². The van der Waals surface area contributed by atoms with E-state index in [1.165, 1.54) is 17.7 Å². The fourth-order valence-electron chi connectivity index (χ4n) is 2.55. The lowest BCUT2D eigenvalue weighted by Gasteiger charge is -2.08. The summed E-state index contributed by atoms with van der Waals surface area (Å²) >= 11 is 1.77. The van der Waals surface area contributed by atoms with Gasteiger partial charge in [-0.3, -0.25) is 0 Å². The number of benzene rings is 1. The number of carboxylic acids is 1. The van der Waals surface area contributed by atoms with Crippen molar-refractivity contribution in [2.24, 2.45) is 5.92 Å². The molecule has 102 valence electrons. The van der Waals surface area contributed by atoms with Gasteiger partial charge in [0, 0.05) is 4.90 Å². The first-order valence-electron chi connectivity index (χ1n) is 6.89. The van der Waals surface area contributed by atoms with Crippen molar-refractivity contribution in [3.8, 4) is 0 Å². The van der Waals surface area contributed by atoms with Crippen molar-refractivity contribution in [3.05, 3.63) is 35.9 Å². The van der Waals surface area contributed by atoms with Gasteiger partial charge in [0.15, 0.2) is 0 Å². The number of hydrogen-bond donors (Lipinski definition) is 1. The predicted molar refractivity (Wildman–Crippen MR) is 80.4 cm³/mol. The maximum absolute atomic E-state index is 11.4. The summed E-state index contributed by atoms with van der Waals surface area (Å²) < 4.78 is 0. The van der Waals surface area contributed by atoms with E-state index in [-0.39, 0.29) is 0 Å². The van der Waals surface area contributed by atoms with Crippen LogP contribution >= 0.6 is 11.8 Å². The Labute approximate surface area is 118 Å². The molecule has 0 atom stereocenters. The van der Waals surface area contributed by atoms with E-state index in [1.807, 2.05) is 30.3 Å². The SMILES string of the molecule is CCSc1ccc(/C(=C\C2CCCC2)C(=O)O)cc1. The summed E-state index contributed by atoms with van der Waals surface area (Å²) in [5.41, 5.74) is 1.28. The number of hydrogen-bond acceptors (Lipinski definition) is 2. The zero-order valence-electron chi connectivity index (χ0n) is 11.3. The number of thioether (sulfide) groups is 1. The Morgan fingerprint density at radius 2 is 1.95 bits per heavy atom. The molecule has 0 bridgehead atoms. The van der Waals surface area contributed by atoms with Crippen molar-refractivity contribution >= 4 is 23.3 Å². The first-order chi connectivity index (χ1) is 9.20. The summed E-state index contributed by atoms with van der Waals surface area (Å²) in [6, 6.07) is 7.86. The molecule has 1 aliphatic carbocycles.